The summed E-state index contributed by atoms with van der Waals surface area (Å²) in [6.45, 7) is 0. The van der Waals surface area contributed by atoms with Crippen LogP contribution in [-0.2, 0) is 0 Å². The van der Waals surface area contributed by atoms with Crippen LogP contribution in [0.15, 0.2) is 108 Å². The minimum absolute atomic E-state index is 1.29. The van der Waals surface area contributed by atoms with Crippen LogP contribution in [0.3, 0.4) is 0 Å². The highest BCUT2D eigenvalue weighted by Gasteiger charge is 2.22. The van der Waals surface area contributed by atoms with Crippen LogP contribution >= 0.6 is 45.3 Å². The third-order valence-electron chi connectivity index (χ3n) is 5.38. The van der Waals surface area contributed by atoms with Gasteiger partial charge in [0.2, 0.25) is 0 Å². The first kappa shape index (κ1) is 31.7. The van der Waals surface area contributed by atoms with Gasteiger partial charge in [-0.1, -0.05) is 72.8 Å². The minimum atomic E-state index is -6.00. The van der Waals surface area contributed by atoms with Crippen molar-refractivity contribution in [2.45, 2.75) is 0 Å². The van der Waals surface area contributed by atoms with E-state index in [1.165, 1.54) is 51.2 Å². The molecule has 0 unspecified atom stereocenters. The smallest absolute Gasteiger partial charge is 0.418 e. The van der Waals surface area contributed by atoms with E-state index in [0.29, 0.717) is 0 Å². The van der Waals surface area contributed by atoms with Gasteiger partial charge in [-0.25, -0.2) is 0 Å². The normalized spacial score (nSPS) is 11.3. The van der Waals surface area contributed by atoms with Gasteiger partial charge in [-0.3, -0.25) is 0 Å². The van der Waals surface area contributed by atoms with Crippen LogP contribution < -0.4 is 0 Å². The summed E-state index contributed by atoms with van der Waals surface area (Å²) in [5, 5.41) is 7.12. The van der Waals surface area contributed by atoms with Gasteiger partial charge >= 0.3 is 14.5 Å². The van der Waals surface area contributed by atoms with E-state index in [9.17, 15) is 34.5 Å². The van der Waals surface area contributed by atoms with Gasteiger partial charge in [-0.2, -0.15) is 0 Å². The molecule has 14 heteroatoms. The van der Waals surface area contributed by atoms with Gasteiger partial charge in [0.15, 0.2) is 9.75 Å². The molecule has 0 fully saturated rings. The molecule has 216 valence electrons. The summed E-state index contributed by atoms with van der Waals surface area (Å²) in [7, 11) is -12.0. The summed E-state index contributed by atoms with van der Waals surface area (Å²) in [6, 6.07) is 35.0. The lowest BCUT2D eigenvalue weighted by Gasteiger charge is -2.00. The molecule has 0 radical (unpaired) electrons. The van der Waals surface area contributed by atoms with Crippen LogP contribution in [0.2, 0.25) is 0 Å². The van der Waals surface area contributed by atoms with E-state index in [4.69, 9.17) is 0 Å². The third-order valence-corrected chi connectivity index (χ3v) is 10.4. The van der Waals surface area contributed by atoms with E-state index in [0.717, 1.165) is 0 Å². The average molecular weight is 656 g/mol. The summed E-state index contributed by atoms with van der Waals surface area (Å²) < 4.78 is 80.7. The minimum Gasteiger partial charge on any atom is -0.418 e. The monoisotopic (exact) mass is 656 g/mol. The summed E-state index contributed by atoms with van der Waals surface area (Å²) in [5.74, 6) is 0. The standard InChI is InChI=1S/C28H18S4.2BF4/c1-3-7-19(8-4-1)25-17-29-27(31-25)23-13-11-22-16-24(14-12-21(22)15-23)28-30-18-26(32-28)20-9-5-2-6-10-20;2*2-1(3,4)5/h1-18H;;/q+2;2*-1. The maximum atomic E-state index is 9.75. The van der Waals surface area contributed by atoms with Crippen LogP contribution in [0.5, 0.6) is 0 Å². The maximum Gasteiger partial charge on any atom is 0.673 e. The fraction of sp³-hybridized carbons (Fsp3) is 0. The van der Waals surface area contributed by atoms with E-state index < -0.39 is 14.5 Å². The van der Waals surface area contributed by atoms with E-state index in [1.807, 2.05) is 45.3 Å². The molecule has 6 aromatic rings. The largest absolute Gasteiger partial charge is 0.673 e. The van der Waals surface area contributed by atoms with Crippen molar-refractivity contribution in [3.05, 3.63) is 108 Å². The second kappa shape index (κ2) is 13.9. The van der Waals surface area contributed by atoms with Crippen LogP contribution in [0, 0.1) is 0 Å². The number of rotatable bonds is 4. The Bertz CT molecular complexity index is 1590. The average Bonchev–Trinajstić information content (AvgIpc) is 3.63. The Morgan fingerprint density at radius 1 is 0.429 bits per heavy atom. The number of hydrogen-bond acceptors (Lipinski definition) is 2. The molecule has 0 aliphatic heterocycles. The summed E-state index contributed by atoms with van der Waals surface area (Å²) in [6.07, 6.45) is 0. The van der Waals surface area contributed by atoms with Gasteiger partial charge in [0.25, 0.3) is 8.38 Å². The second-order valence-electron chi connectivity index (χ2n) is 8.48. The molecule has 0 aliphatic carbocycles. The van der Waals surface area contributed by atoms with Crippen molar-refractivity contribution < 1.29 is 34.5 Å². The van der Waals surface area contributed by atoms with E-state index >= 15 is 0 Å². The van der Waals surface area contributed by atoms with Gasteiger partial charge in [-0.15, -0.1) is 0 Å². The molecule has 0 saturated heterocycles. The van der Waals surface area contributed by atoms with Gasteiger partial charge in [0.1, 0.15) is 10.8 Å². The molecule has 6 rings (SSSR count). The highest BCUT2D eigenvalue weighted by atomic mass is 32.2. The Morgan fingerprint density at radius 3 is 1.10 bits per heavy atom. The Hall–Kier alpha value is -3.19. The first-order valence-electron chi connectivity index (χ1n) is 12.1. The topological polar surface area (TPSA) is 0 Å². The molecule has 0 amide bonds. The molecule has 42 heavy (non-hydrogen) atoms. The highest BCUT2D eigenvalue weighted by molar-refractivity contribution is 7.37. The van der Waals surface area contributed by atoms with Crippen molar-refractivity contribution in [2.24, 2.45) is 0 Å². The van der Waals surface area contributed by atoms with Gasteiger partial charge in [0, 0.05) is 22.3 Å². The summed E-state index contributed by atoms with van der Waals surface area (Å²) in [5.41, 5.74) is 5.18. The zero-order valence-corrected chi connectivity index (χ0v) is 24.5. The Labute approximate surface area is 252 Å². The van der Waals surface area contributed by atoms with E-state index in [2.05, 4.69) is 108 Å². The molecule has 0 atom stereocenters. The van der Waals surface area contributed by atoms with Crippen molar-refractivity contribution in [2.75, 3.05) is 0 Å². The predicted molar refractivity (Wildman–Crippen MR) is 166 cm³/mol. The number of halogens is 8. The van der Waals surface area contributed by atoms with Crippen molar-refractivity contribution in [3.63, 3.8) is 0 Å². The summed E-state index contributed by atoms with van der Waals surface area (Å²) >= 11 is 7.40. The molecular weight excluding hydrogens is 638 g/mol. The van der Waals surface area contributed by atoms with E-state index in [-0.39, 0.29) is 0 Å². The molecule has 2 aromatic heterocycles. The third kappa shape index (κ3) is 9.97. The first-order chi connectivity index (χ1) is 19.8. The quantitative estimate of drug-likeness (QED) is 0.101. The molecular formula is C28H18B2F8S4. The highest BCUT2D eigenvalue weighted by Crippen LogP contribution is 2.41. The zero-order chi connectivity index (χ0) is 30.3. The molecule has 0 bridgehead atoms. The van der Waals surface area contributed by atoms with Crippen LogP contribution in [-0.4, -0.2) is 14.5 Å². The van der Waals surface area contributed by atoms with Gasteiger partial charge in [0.05, 0.1) is 45.3 Å². The van der Waals surface area contributed by atoms with Crippen molar-refractivity contribution in [1.82, 2.24) is 0 Å². The van der Waals surface area contributed by atoms with E-state index in [1.54, 1.807) is 0 Å². The van der Waals surface area contributed by atoms with Gasteiger partial charge in [-0.05, 0) is 35.0 Å². The van der Waals surface area contributed by atoms with Crippen molar-refractivity contribution in [1.29, 1.82) is 0 Å². The molecule has 0 saturated carbocycles. The lowest BCUT2D eigenvalue weighted by Crippen LogP contribution is -2.02. The lowest BCUT2D eigenvalue weighted by atomic mass is 10.1. The van der Waals surface area contributed by atoms with Crippen LogP contribution in [0.4, 0.5) is 34.5 Å². The lowest BCUT2D eigenvalue weighted by molar-refractivity contribution is 0.366. The molecule has 0 aliphatic rings. The number of hydrogen-bond donors (Lipinski definition) is 0. The van der Waals surface area contributed by atoms with Crippen molar-refractivity contribution in [3.8, 4) is 40.4 Å². The molecule has 4 aromatic carbocycles. The van der Waals surface area contributed by atoms with Crippen LogP contribution in [0.1, 0.15) is 0 Å². The van der Waals surface area contributed by atoms with Crippen LogP contribution in [0.25, 0.3) is 51.2 Å². The molecule has 2 heterocycles. The zero-order valence-electron chi connectivity index (χ0n) is 21.2. The second-order valence-corrected chi connectivity index (χ2v) is 12.9. The fourth-order valence-electron chi connectivity index (χ4n) is 3.72. The molecule has 0 N–H and O–H groups in total. The number of fused-ring (bicyclic) bond motifs is 1. The maximum absolute atomic E-state index is 9.75. The van der Waals surface area contributed by atoms with Crippen molar-refractivity contribution >= 4 is 70.6 Å². The summed E-state index contributed by atoms with van der Waals surface area (Å²) in [4.78, 5) is 2.66. The Morgan fingerprint density at radius 2 is 0.762 bits per heavy atom. The Kier molecular flexibility index (Phi) is 10.5. The molecule has 0 spiro atoms. The van der Waals surface area contributed by atoms with Gasteiger partial charge < -0.3 is 34.5 Å². The first-order valence-corrected chi connectivity index (χ1v) is 15.5. The predicted octanol–water partition coefficient (Wildman–Crippen LogP) is 12.9. The number of benzene rings is 4. The fourth-order valence-corrected chi connectivity index (χ4v) is 8.23. The Balaban J connectivity index is 0.000000352. The SMILES string of the molecule is F[B-](F)(F)F.F[B-](F)(F)F.c1ccc(-c2c[s+]c(-c3ccc4cc(-c5sc(-c6ccccc6)c[s+]5)ccc4c3)s2)cc1. The molecule has 0 nitrogen and oxygen atoms in total.